The van der Waals surface area contributed by atoms with Crippen LogP contribution in [0.1, 0.15) is 25.3 Å². The molecule has 0 saturated carbocycles. The van der Waals surface area contributed by atoms with Crippen molar-refractivity contribution in [3.8, 4) is 5.75 Å². The van der Waals surface area contributed by atoms with Gasteiger partial charge in [-0.2, -0.15) is 0 Å². The summed E-state index contributed by atoms with van der Waals surface area (Å²) < 4.78 is 5.57. The number of hydrogen-bond donors (Lipinski definition) is 1. The summed E-state index contributed by atoms with van der Waals surface area (Å²) in [6.07, 6.45) is 2.22. The van der Waals surface area contributed by atoms with Gasteiger partial charge in [0.15, 0.2) is 6.61 Å². The average molecular weight is 493 g/mol. The fraction of sp³-hybridized carbons (Fsp3) is 0.464. The van der Waals surface area contributed by atoms with E-state index in [1.165, 1.54) is 0 Å². The quantitative estimate of drug-likeness (QED) is 0.613. The number of anilines is 1. The molecule has 2 aliphatic rings. The molecule has 1 N–H and O–H groups in total. The molecule has 2 aliphatic heterocycles. The number of nitrogens with zero attached hydrogens (tertiary/aromatic N) is 3. The lowest BCUT2D eigenvalue weighted by molar-refractivity contribution is -0.142. The van der Waals surface area contributed by atoms with Crippen molar-refractivity contribution >= 4 is 23.4 Å². The maximum Gasteiger partial charge on any atom is 0.260 e. The first-order valence-corrected chi connectivity index (χ1v) is 12.9. The largest absolute Gasteiger partial charge is 0.484 e. The minimum atomic E-state index is -0.0514. The van der Waals surface area contributed by atoms with Crippen LogP contribution in [-0.4, -0.2) is 84.8 Å². The number of ether oxygens (including phenoxy) is 1. The number of aryl methyl sites for hydroxylation is 1. The van der Waals surface area contributed by atoms with Crippen molar-refractivity contribution in [2.45, 2.75) is 26.2 Å². The third-order valence-electron chi connectivity index (χ3n) is 7.03. The Morgan fingerprint density at radius 2 is 1.53 bits per heavy atom. The van der Waals surface area contributed by atoms with E-state index >= 15 is 0 Å². The van der Waals surface area contributed by atoms with Crippen LogP contribution in [0.15, 0.2) is 54.6 Å². The minimum absolute atomic E-state index is 0.0161. The highest BCUT2D eigenvalue weighted by Crippen LogP contribution is 2.21. The second-order valence-corrected chi connectivity index (χ2v) is 9.42. The first kappa shape index (κ1) is 25.7. The van der Waals surface area contributed by atoms with Crippen LogP contribution in [0.2, 0.25) is 0 Å². The Labute approximate surface area is 213 Å². The molecule has 36 heavy (non-hydrogen) atoms. The molecule has 0 spiro atoms. The summed E-state index contributed by atoms with van der Waals surface area (Å²) in [6, 6.07) is 17.2. The van der Waals surface area contributed by atoms with Gasteiger partial charge in [0, 0.05) is 50.9 Å². The van der Waals surface area contributed by atoms with Gasteiger partial charge >= 0.3 is 0 Å². The number of piperidine rings is 1. The number of nitrogens with one attached hydrogen (secondary N) is 1. The number of rotatable bonds is 8. The van der Waals surface area contributed by atoms with E-state index in [-0.39, 0.29) is 30.2 Å². The van der Waals surface area contributed by atoms with E-state index in [4.69, 9.17) is 4.74 Å². The summed E-state index contributed by atoms with van der Waals surface area (Å²) in [5, 5.41) is 3.02. The Kier molecular flexibility index (Phi) is 8.95. The number of hydrogen-bond acceptors (Lipinski definition) is 5. The van der Waals surface area contributed by atoms with Crippen LogP contribution in [0.5, 0.6) is 5.75 Å². The summed E-state index contributed by atoms with van der Waals surface area (Å²) >= 11 is 0. The number of para-hydroxylation sites is 2. The van der Waals surface area contributed by atoms with E-state index < -0.39 is 0 Å². The first-order chi connectivity index (χ1) is 17.5. The zero-order valence-electron chi connectivity index (χ0n) is 21.0. The molecule has 2 heterocycles. The minimum Gasteiger partial charge on any atom is -0.484 e. The topological polar surface area (TPSA) is 82.2 Å². The molecule has 2 fully saturated rings. The fourth-order valence-electron chi connectivity index (χ4n) is 4.86. The molecule has 0 unspecified atom stereocenters. The highest BCUT2D eigenvalue weighted by molar-refractivity contribution is 5.93. The molecule has 0 aliphatic carbocycles. The lowest BCUT2D eigenvalue weighted by Crippen LogP contribution is -2.53. The van der Waals surface area contributed by atoms with Crippen LogP contribution in [0.25, 0.3) is 0 Å². The molecular weight excluding hydrogens is 456 g/mol. The lowest BCUT2D eigenvalue weighted by Gasteiger charge is -2.38. The smallest absolute Gasteiger partial charge is 0.260 e. The molecule has 0 atom stereocenters. The molecule has 8 nitrogen and oxygen atoms in total. The fourth-order valence-corrected chi connectivity index (χ4v) is 4.86. The Morgan fingerprint density at radius 3 is 2.22 bits per heavy atom. The van der Waals surface area contributed by atoms with Crippen LogP contribution >= 0.6 is 0 Å². The number of benzene rings is 2. The zero-order chi connectivity index (χ0) is 25.3. The van der Waals surface area contributed by atoms with Crippen molar-refractivity contribution in [1.29, 1.82) is 0 Å². The molecule has 4 rings (SSSR count). The van der Waals surface area contributed by atoms with Gasteiger partial charge in [-0.05, 0) is 43.0 Å². The van der Waals surface area contributed by atoms with Crippen molar-refractivity contribution in [3.05, 3.63) is 60.2 Å². The molecule has 8 heteroatoms. The Morgan fingerprint density at radius 1 is 0.861 bits per heavy atom. The summed E-state index contributed by atoms with van der Waals surface area (Å²) in [4.78, 5) is 43.9. The molecule has 192 valence electrons. The van der Waals surface area contributed by atoms with Crippen molar-refractivity contribution in [2.75, 3.05) is 57.7 Å². The Balaban J connectivity index is 1.16. The number of carbonyl (C=O) groups excluding carboxylic acids is 3. The molecule has 2 saturated heterocycles. The lowest BCUT2D eigenvalue weighted by atomic mass is 9.95. The van der Waals surface area contributed by atoms with Crippen LogP contribution in [0.3, 0.4) is 0 Å². The van der Waals surface area contributed by atoms with Crippen LogP contribution in [0, 0.1) is 5.92 Å². The third kappa shape index (κ3) is 6.85. The van der Waals surface area contributed by atoms with E-state index in [0.29, 0.717) is 64.4 Å². The van der Waals surface area contributed by atoms with Crippen LogP contribution < -0.4 is 10.1 Å². The molecule has 0 radical (unpaired) electrons. The van der Waals surface area contributed by atoms with Crippen molar-refractivity contribution in [1.82, 2.24) is 14.7 Å². The van der Waals surface area contributed by atoms with E-state index in [9.17, 15) is 14.4 Å². The normalized spacial score (nSPS) is 17.0. The third-order valence-corrected chi connectivity index (χ3v) is 7.03. The van der Waals surface area contributed by atoms with E-state index in [1.54, 1.807) is 4.90 Å². The van der Waals surface area contributed by atoms with Crippen molar-refractivity contribution in [3.63, 3.8) is 0 Å². The monoisotopic (exact) mass is 492 g/mol. The number of carbonyl (C=O) groups is 3. The molecule has 0 bridgehead atoms. The molecular formula is C28H36N4O4. The predicted molar refractivity (Wildman–Crippen MR) is 139 cm³/mol. The summed E-state index contributed by atoms with van der Waals surface area (Å²) in [7, 11) is 0. The molecule has 2 aromatic carbocycles. The predicted octanol–water partition coefficient (Wildman–Crippen LogP) is 2.65. The average Bonchev–Trinajstić information content (AvgIpc) is 2.92. The van der Waals surface area contributed by atoms with Gasteiger partial charge in [-0.25, -0.2) is 0 Å². The van der Waals surface area contributed by atoms with E-state index in [1.807, 2.05) is 59.5 Å². The van der Waals surface area contributed by atoms with Gasteiger partial charge in [0.05, 0.1) is 6.54 Å². The maximum atomic E-state index is 13.1. The number of amides is 3. The second-order valence-electron chi connectivity index (χ2n) is 9.42. The van der Waals surface area contributed by atoms with Crippen molar-refractivity contribution in [2.24, 2.45) is 5.92 Å². The summed E-state index contributed by atoms with van der Waals surface area (Å²) in [6.45, 7) is 6.19. The van der Waals surface area contributed by atoms with Gasteiger partial charge in [0.1, 0.15) is 5.75 Å². The highest BCUT2D eigenvalue weighted by Gasteiger charge is 2.32. The SMILES string of the molecule is CCc1ccccc1NC(=O)CN1CCN(C(=O)C2CCN(C(=O)COc3ccccc3)CC2)CC1. The van der Waals surface area contributed by atoms with E-state index in [0.717, 1.165) is 17.7 Å². The Hall–Kier alpha value is -3.39. The number of likely N-dealkylation sites (tertiary alicyclic amines) is 1. The molecule has 0 aromatic heterocycles. The maximum absolute atomic E-state index is 13.1. The zero-order valence-corrected chi connectivity index (χ0v) is 21.0. The summed E-state index contributed by atoms with van der Waals surface area (Å²) in [5.74, 6) is 0.730. The van der Waals surface area contributed by atoms with Gasteiger partial charge in [0.2, 0.25) is 11.8 Å². The van der Waals surface area contributed by atoms with Crippen LogP contribution in [0.4, 0.5) is 5.69 Å². The van der Waals surface area contributed by atoms with Gasteiger partial charge in [-0.1, -0.05) is 43.3 Å². The molecule has 2 aromatic rings. The van der Waals surface area contributed by atoms with Crippen molar-refractivity contribution < 1.29 is 19.1 Å². The van der Waals surface area contributed by atoms with Gasteiger partial charge in [-0.3, -0.25) is 19.3 Å². The second kappa shape index (κ2) is 12.5. The van der Waals surface area contributed by atoms with Gasteiger partial charge in [0.25, 0.3) is 5.91 Å². The first-order valence-electron chi connectivity index (χ1n) is 12.9. The number of piperazine rings is 1. The van der Waals surface area contributed by atoms with E-state index in [2.05, 4.69) is 17.1 Å². The van der Waals surface area contributed by atoms with Gasteiger partial charge < -0.3 is 19.9 Å². The van der Waals surface area contributed by atoms with Crippen LogP contribution in [-0.2, 0) is 20.8 Å². The summed E-state index contributed by atoms with van der Waals surface area (Å²) in [5.41, 5.74) is 1.99. The highest BCUT2D eigenvalue weighted by atomic mass is 16.5. The molecule has 3 amide bonds. The Bertz CT molecular complexity index is 1030. The standard InChI is InChI=1S/C28H36N4O4/c1-2-22-8-6-7-11-25(22)29-26(33)20-30-16-18-32(19-17-30)28(35)23-12-14-31(15-13-23)27(34)21-36-24-9-4-3-5-10-24/h3-11,23H,2,12-21H2,1H3,(H,29,33). The van der Waals surface area contributed by atoms with Gasteiger partial charge in [-0.15, -0.1) is 0 Å².